The molecule has 0 bridgehead atoms. The third-order valence-electron chi connectivity index (χ3n) is 8.03. The minimum atomic E-state index is -4.46. The summed E-state index contributed by atoms with van der Waals surface area (Å²) in [6, 6.07) is 10.8. The molecule has 0 aliphatic carbocycles. The molecule has 2 aromatic carbocycles. The van der Waals surface area contributed by atoms with Gasteiger partial charge in [0.1, 0.15) is 0 Å². The van der Waals surface area contributed by atoms with Crippen LogP contribution in [0, 0.1) is 19.3 Å². The van der Waals surface area contributed by atoms with Gasteiger partial charge in [-0.15, -0.1) is 13.2 Å². The molecule has 208 valence electrons. The zero-order valence-electron chi connectivity index (χ0n) is 22.8. The van der Waals surface area contributed by atoms with Crippen molar-refractivity contribution in [2.45, 2.75) is 57.9 Å². The van der Waals surface area contributed by atoms with Gasteiger partial charge < -0.3 is 14.7 Å². The number of amides is 3. The van der Waals surface area contributed by atoms with Gasteiger partial charge in [0.2, 0.25) is 5.91 Å². The van der Waals surface area contributed by atoms with Crippen molar-refractivity contribution < 1.29 is 22.8 Å². The lowest BCUT2D eigenvalue weighted by Gasteiger charge is -2.46. The molecule has 0 unspecified atom stereocenters. The van der Waals surface area contributed by atoms with Crippen LogP contribution in [0.5, 0.6) is 0 Å². The summed E-state index contributed by atoms with van der Waals surface area (Å²) in [6.45, 7) is 12.1. The Hall–Kier alpha value is -3.55. The fraction of sp³-hybridized carbons (Fsp3) is 0.419. The first-order valence-corrected chi connectivity index (χ1v) is 13.2. The molecule has 0 N–H and O–H groups in total. The number of hydrogen-bond donors (Lipinski definition) is 0. The van der Waals surface area contributed by atoms with Crippen molar-refractivity contribution in [2.24, 2.45) is 5.41 Å². The van der Waals surface area contributed by atoms with E-state index in [2.05, 4.69) is 13.2 Å². The molecule has 2 saturated heterocycles. The van der Waals surface area contributed by atoms with Gasteiger partial charge in [0.15, 0.2) is 0 Å². The van der Waals surface area contributed by atoms with E-state index in [-0.39, 0.29) is 24.5 Å². The van der Waals surface area contributed by atoms with E-state index < -0.39 is 23.2 Å². The number of allylic oxidation sites excluding steroid dienone is 2. The third kappa shape index (κ3) is 5.47. The Balaban J connectivity index is 1.68. The summed E-state index contributed by atoms with van der Waals surface area (Å²) in [5, 5.41) is 0. The number of alkyl halides is 3. The maximum Gasteiger partial charge on any atom is 0.416 e. The average Bonchev–Trinajstić information content (AvgIpc) is 3.14. The standard InChI is InChI=1S/C31H36F3N3O2/c1-6-12-30(13-7-2)19-26-27(25-11-9-8-10-22(25)4)37(15-14-36(26)28(30)38)29(39)35(5)20-23-16-21(3)17-24(18-23)31(32,33)34/h6-11,16-18,26-27H,1-2,12-15,19-20H2,3-5H3/t26-,27-/m0/s1. The Morgan fingerprint density at radius 1 is 1.10 bits per heavy atom. The van der Waals surface area contributed by atoms with Gasteiger partial charge in [0.25, 0.3) is 0 Å². The minimum Gasteiger partial charge on any atom is -0.335 e. The third-order valence-corrected chi connectivity index (χ3v) is 8.03. The van der Waals surface area contributed by atoms with Crippen LogP contribution in [-0.2, 0) is 17.5 Å². The van der Waals surface area contributed by atoms with E-state index in [0.717, 1.165) is 23.3 Å². The zero-order chi connectivity index (χ0) is 28.5. The van der Waals surface area contributed by atoms with Gasteiger partial charge in [-0.05, 0) is 61.9 Å². The summed E-state index contributed by atoms with van der Waals surface area (Å²) in [6.07, 6.45) is 0.687. The van der Waals surface area contributed by atoms with E-state index in [1.54, 1.807) is 37.1 Å². The largest absolute Gasteiger partial charge is 0.416 e. The van der Waals surface area contributed by atoms with Gasteiger partial charge >= 0.3 is 12.2 Å². The highest BCUT2D eigenvalue weighted by atomic mass is 19.4. The zero-order valence-corrected chi connectivity index (χ0v) is 22.8. The van der Waals surface area contributed by atoms with Crippen molar-refractivity contribution >= 4 is 11.9 Å². The van der Waals surface area contributed by atoms with Crippen LogP contribution in [-0.4, -0.2) is 52.8 Å². The Labute approximate surface area is 228 Å². The summed E-state index contributed by atoms with van der Waals surface area (Å²) in [7, 11) is 1.61. The molecule has 8 heteroatoms. The molecule has 0 spiro atoms. The molecule has 2 heterocycles. The van der Waals surface area contributed by atoms with Crippen molar-refractivity contribution in [3.8, 4) is 0 Å². The minimum absolute atomic E-state index is 0.0325. The van der Waals surface area contributed by atoms with Crippen molar-refractivity contribution in [1.82, 2.24) is 14.7 Å². The first-order valence-electron chi connectivity index (χ1n) is 13.2. The molecule has 3 amide bonds. The number of hydrogen-bond acceptors (Lipinski definition) is 2. The summed E-state index contributed by atoms with van der Waals surface area (Å²) < 4.78 is 40.2. The quantitative estimate of drug-likeness (QED) is 0.369. The number of rotatable bonds is 7. The van der Waals surface area contributed by atoms with E-state index in [0.29, 0.717) is 43.5 Å². The van der Waals surface area contributed by atoms with Gasteiger partial charge in [0.05, 0.1) is 23.1 Å². The van der Waals surface area contributed by atoms with Crippen molar-refractivity contribution in [2.75, 3.05) is 20.1 Å². The number of aryl methyl sites for hydroxylation is 2. The SMILES string of the molecule is C=CCC1(CC=C)C[C@H]2[C@H](c3ccccc3C)N(C(=O)N(C)Cc3cc(C)cc(C(F)(F)F)c3)CCN2C1=O. The van der Waals surface area contributed by atoms with Crippen LogP contribution >= 0.6 is 0 Å². The molecule has 2 aromatic rings. The predicted octanol–water partition coefficient (Wildman–Crippen LogP) is 6.67. The van der Waals surface area contributed by atoms with Crippen LogP contribution in [0.3, 0.4) is 0 Å². The molecule has 2 aliphatic heterocycles. The second-order valence-electron chi connectivity index (χ2n) is 10.9. The lowest BCUT2D eigenvalue weighted by atomic mass is 9.76. The first-order chi connectivity index (χ1) is 18.4. The fourth-order valence-corrected chi connectivity index (χ4v) is 6.33. The van der Waals surface area contributed by atoms with Crippen LogP contribution in [0.15, 0.2) is 67.8 Å². The summed E-state index contributed by atoms with van der Waals surface area (Å²) in [5.41, 5.74) is 1.50. The lowest BCUT2D eigenvalue weighted by molar-refractivity contribution is -0.139. The van der Waals surface area contributed by atoms with E-state index in [1.165, 1.54) is 4.90 Å². The summed E-state index contributed by atoms with van der Waals surface area (Å²) in [5.74, 6) is 0.0609. The molecule has 0 saturated carbocycles. The van der Waals surface area contributed by atoms with E-state index in [9.17, 15) is 22.8 Å². The lowest BCUT2D eigenvalue weighted by Crippen LogP contribution is -2.57. The van der Waals surface area contributed by atoms with Crippen LogP contribution < -0.4 is 0 Å². The molecule has 5 nitrogen and oxygen atoms in total. The van der Waals surface area contributed by atoms with Crippen LogP contribution in [0.2, 0.25) is 0 Å². The smallest absolute Gasteiger partial charge is 0.335 e. The van der Waals surface area contributed by atoms with Crippen molar-refractivity contribution in [3.63, 3.8) is 0 Å². The van der Waals surface area contributed by atoms with Crippen molar-refractivity contribution in [3.05, 3.63) is 95.6 Å². The molecular formula is C31H36F3N3O2. The van der Waals surface area contributed by atoms with Crippen LogP contribution in [0.25, 0.3) is 0 Å². The number of carbonyl (C=O) groups excluding carboxylic acids is 2. The van der Waals surface area contributed by atoms with E-state index >= 15 is 0 Å². The maximum atomic E-state index is 13.9. The summed E-state index contributed by atoms with van der Waals surface area (Å²) >= 11 is 0. The monoisotopic (exact) mass is 539 g/mol. The van der Waals surface area contributed by atoms with Gasteiger partial charge in [-0.1, -0.05) is 48.0 Å². The fourth-order valence-electron chi connectivity index (χ4n) is 6.33. The van der Waals surface area contributed by atoms with E-state index in [4.69, 9.17) is 0 Å². The molecular weight excluding hydrogens is 503 g/mol. The Morgan fingerprint density at radius 3 is 2.38 bits per heavy atom. The number of benzene rings is 2. The average molecular weight is 540 g/mol. The van der Waals surface area contributed by atoms with Gasteiger partial charge in [-0.2, -0.15) is 13.2 Å². The number of nitrogens with zero attached hydrogens (tertiary/aromatic N) is 3. The summed E-state index contributed by atoms with van der Waals surface area (Å²) in [4.78, 5) is 32.8. The predicted molar refractivity (Wildman–Crippen MR) is 146 cm³/mol. The molecule has 0 aromatic heterocycles. The second kappa shape index (κ2) is 10.9. The number of carbonyl (C=O) groups is 2. The van der Waals surface area contributed by atoms with Crippen molar-refractivity contribution in [1.29, 1.82) is 0 Å². The number of piperazine rings is 1. The number of fused-ring (bicyclic) bond motifs is 1. The van der Waals surface area contributed by atoms with Crippen LogP contribution in [0.4, 0.5) is 18.0 Å². The Kier molecular flexibility index (Phi) is 7.96. The molecule has 0 radical (unpaired) electrons. The molecule has 2 fully saturated rings. The highest BCUT2D eigenvalue weighted by Crippen LogP contribution is 2.49. The van der Waals surface area contributed by atoms with Crippen LogP contribution in [0.1, 0.15) is 53.1 Å². The molecule has 2 atom stereocenters. The Morgan fingerprint density at radius 2 is 1.77 bits per heavy atom. The van der Waals surface area contributed by atoms with Gasteiger partial charge in [-0.3, -0.25) is 4.79 Å². The van der Waals surface area contributed by atoms with Gasteiger partial charge in [-0.25, -0.2) is 4.79 Å². The Bertz CT molecular complexity index is 1260. The normalized spacial score (nSPS) is 20.5. The highest BCUT2D eigenvalue weighted by molar-refractivity contribution is 5.87. The second-order valence-corrected chi connectivity index (χ2v) is 10.9. The number of halogens is 3. The number of urea groups is 1. The topological polar surface area (TPSA) is 43.9 Å². The molecule has 4 rings (SSSR count). The van der Waals surface area contributed by atoms with E-state index in [1.807, 2.05) is 36.1 Å². The molecule has 2 aliphatic rings. The first kappa shape index (κ1) is 28.5. The van der Waals surface area contributed by atoms with Gasteiger partial charge in [0, 0.05) is 26.7 Å². The highest BCUT2D eigenvalue weighted by Gasteiger charge is 2.56. The maximum absolute atomic E-state index is 13.9. The molecule has 39 heavy (non-hydrogen) atoms.